The van der Waals surface area contributed by atoms with Crippen LogP contribution in [-0.2, 0) is 19.9 Å². The van der Waals surface area contributed by atoms with Gasteiger partial charge in [-0.05, 0) is 30.0 Å². The zero-order chi connectivity index (χ0) is 13.0. The van der Waals surface area contributed by atoms with Crippen LogP contribution in [0.15, 0.2) is 36.5 Å². The Kier molecular flexibility index (Phi) is 4.12. The molecule has 1 aromatic heterocycles. The Morgan fingerprint density at radius 3 is 2.39 bits per heavy atom. The molecule has 0 aliphatic rings. The first-order chi connectivity index (χ1) is 8.74. The summed E-state index contributed by atoms with van der Waals surface area (Å²) in [5.74, 6) is 5.65. The third-order valence-electron chi connectivity index (χ3n) is 3.29. The van der Waals surface area contributed by atoms with E-state index in [0.717, 1.165) is 18.5 Å². The Bertz CT molecular complexity index is 487. The quantitative estimate of drug-likeness (QED) is 0.622. The van der Waals surface area contributed by atoms with Crippen LogP contribution < -0.4 is 11.3 Å². The third-order valence-corrected chi connectivity index (χ3v) is 3.29. The van der Waals surface area contributed by atoms with Crippen LogP contribution in [0.2, 0.25) is 0 Å². The average molecular weight is 244 g/mol. The lowest BCUT2D eigenvalue weighted by molar-refractivity contribution is 0.508. The van der Waals surface area contributed by atoms with E-state index in [1.165, 1.54) is 11.1 Å². The van der Waals surface area contributed by atoms with E-state index in [1.54, 1.807) is 6.20 Å². The molecule has 2 rings (SSSR count). The van der Waals surface area contributed by atoms with Gasteiger partial charge in [0.15, 0.2) is 0 Å². The Balaban J connectivity index is 2.13. The predicted molar refractivity (Wildman–Crippen MR) is 72.8 cm³/mol. The molecule has 1 unspecified atom stereocenters. The van der Waals surface area contributed by atoms with Gasteiger partial charge in [-0.25, -0.2) is 0 Å². The number of nitrogens with two attached hydrogens (primary N) is 1. The monoisotopic (exact) mass is 244 g/mol. The minimum Gasteiger partial charge on any atom is -0.271 e. The highest BCUT2D eigenvalue weighted by Gasteiger charge is 2.13. The first kappa shape index (κ1) is 12.8. The summed E-state index contributed by atoms with van der Waals surface area (Å²) >= 11 is 0. The summed E-state index contributed by atoms with van der Waals surface area (Å²) in [4.78, 5) is 0. The molecule has 0 saturated heterocycles. The highest BCUT2D eigenvalue weighted by Crippen LogP contribution is 2.17. The van der Waals surface area contributed by atoms with E-state index in [1.807, 2.05) is 17.8 Å². The van der Waals surface area contributed by atoms with Gasteiger partial charge < -0.3 is 0 Å². The number of benzene rings is 1. The molecule has 1 aromatic carbocycles. The first-order valence-corrected chi connectivity index (χ1v) is 6.26. The summed E-state index contributed by atoms with van der Waals surface area (Å²) in [7, 11) is 1.93. The number of nitrogens with zero attached hydrogens (tertiary/aromatic N) is 2. The van der Waals surface area contributed by atoms with Crippen LogP contribution in [0.3, 0.4) is 0 Å². The SMILES string of the molecule is CCc1ccc(CC(NN)c2ccnn2C)cc1. The topological polar surface area (TPSA) is 55.9 Å². The normalized spacial score (nSPS) is 12.6. The van der Waals surface area contributed by atoms with E-state index in [2.05, 4.69) is 41.7 Å². The summed E-state index contributed by atoms with van der Waals surface area (Å²) in [6, 6.07) is 10.8. The fraction of sp³-hybridized carbons (Fsp3) is 0.357. The van der Waals surface area contributed by atoms with Crippen molar-refractivity contribution in [3.8, 4) is 0 Å². The lowest BCUT2D eigenvalue weighted by Gasteiger charge is -2.16. The number of aryl methyl sites for hydroxylation is 2. The molecule has 4 heteroatoms. The summed E-state index contributed by atoms with van der Waals surface area (Å²) in [6.45, 7) is 2.16. The third kappa shape index (κ3) is 2.78. The van der Waals surface area contributed by atoms with Gasteiger partial charge >= 0.3 is 0 Å². The molecule has 96 valence electrons. The van der Waals surface area contributed by atoms with Crippen LogP contribution in [0, 0.1) is 0 Å². The number of hydrazine groups is 1. The van der Waals surface area contributed by atoms with Gasteiger partial charge in [0.1, 0.15) is 0 Å². The smallest absolute Gasteiger partial charge is 0.0669 e. The van der Waals surface area contributed by atoms with Crippen molar-refractivity contribution in [3.05, 3.63) is 53.3 Å². The van der Waals surface area contributed by atoms with E-state index < -0.39 is 0 Å². The number of rotatable bonds is 5. The number of hydrogen-bond donors (Lipinski definition) is 2. The fourth-order valence-electron chi connectivity index (χ4n) is 2.12. The Morgan fingerprint density at radius 2 is 1.89 bits per heavy atom. The lowest BCUT2D eigenvalue weighted by atomic mass is 10.0. The van der Waals surface area contributed by atoms with Gasteiger partial charge in [-0.3, -0.25) is 16.0 Å². The average Bonchev–Trinajstić information content (AvgIpc) is 2.83. The van der Waals surface area contributed by atoms with Crippen molar-refractivity contribution in [1.82, 2.24) is 15.2 Å². The van der Waals surface area contributed by atoms with Crippen molar-refractivity contribution in [2.24, 2.45) is 12.9 Å². The molecule has 0 aliphatic carbocycles. The molecule has 1 atom stereocenters. The fourth-order valence-corrected chi connectivity index (χ4v) is 2.12. The molecule has 0 aliphatic heterocycles. The number of hydrogen-bond acceptors (Lipinski definition) is 3. The second-order valence-corrected chi connectivity index (χ2v) is 4.47. The molecule has 0 radical (unpaired) electrons. The van der Waals surface area contributed by atoms with Crippen molar-refractivity contribution in [3.63, 3.8) is 0 Å². The maximum Gasteiger partial charge on any atom is 0.0669 e. The molecule has 0 amide bonds. The van der Waals surface area contributed by atoms with Gasteiger partial charge in [0.2, 0.25) is 0 Å². The Hall–Kier alpha value is -1.65. The number of aromatic nitrogens is 2. The van der Waals surface area contributed by atoms with Gasteiger partial charge in [0, 0.05) is 13.2 Å². The molecule has 0 fully saturated rings. The van der Waals surface area contributed by atoms with Crippen molar-refractivity contribution < 1.29 is 0 Å². The minimum absolute atomic E-state index is 0.0879. The summed E-state index contributed by atoms with van der Waals surface area (Å²) in [5.41, 5.74) is 6.59. The molecule has 1 heterocycles. The standard InChI is InChI=1S/C14H20N4/c1-3-11-4-6-12(7-5-11)10-13(17-15)14-8-9-16-18(14)2/h4-9,13,17H,3,10,15H2,1-2H3. The maximum atomic E-state index is 5.65. The molecular weight excluding hydrogens is 224 g/mol. The molecule has 2 aromatic rings. The maximum absolute atomic E-state index is 5.65. The van der Waals surface area contributed by atoms with E-state index >= 15 is 0 Å². The zero-order valence-electron chi connectivity index (χ0n) is 10.9. The second-order valence-electron chi connectivity index (χ2n) is 4.47. The Morgan fingerprint density at radius 1 is 1.22 bits per heavy atom. The van der Waals surface area contributed by atoms with Gasteiger partial charge in [-0.2, -0.15) is 5.10 Å². The van der Waals surface area contributed by atoms with Crippen LogP contribution in [0.4, 0.5) is 0 Å². The van der Waals surface area contributed by atoms with Crippen LogP contribution >= 0.6 is 0 Å². The predicted octanol–water partition coefficient (Wildman–Crippen LogP) is 1.73. The molecule has 0 bridgehead atoms. The second kappa shape index (κ2) is 5.80. The van der Waals surface area contributed by atoms with Crippen molar-refractivity contribution >= 4 is 0 Å². The van der Waals surface area contributed by atoms with Gasteiger partial charge in [-0.15, -0.1) is 0 Å². The van der Waals surface area contributed by atoms with Crippen LogP contribution in [0.25, 0.3) is 0 Å². The van der Waals surface area contributed by atoms with Crippen molar-refractivity contribution in [2.75, 3.05) is 0 Å². The minimum atomic E-state index is 0.0879. The summed E-state index contributed by atoms with van der Waals surface area (Å²) < 4.78 is 1.85. The van der Waals surface area contributed by atoms with Crippen LogP contribution in [0.1, 0.15) is 29.8 Å². The molecule has 0 saturated carbocycles. The molecule has 4 nitrogen and oxygen atoms in total. The lowest BCUT2D eigenvalue weighted by Crippen LogP contribution is -2.31. The zero-order valence-corrected chi connectivity index (χ0v) is 10.9. The highest BCUT2D eigenvalue weighted by molar-refractivity contribution is 5.24. The van der Waals surface area contributed by atoms with E-state index in [4.69, 9.17) is 5.84 Å². The molecule has 0 spiro atoms. The number of nitrogens with one attached hydrogen (secondary N) is 1. The highest BCUT2D eigenvalue weighted by atomic mass is 15.3. The molecule has 18 heavy (non-hydrogen) atoms. The van der Waals surface area contributed by atoms with E-state index in [-0.39, 0.29) is 6.04 Å². The van der Waals surface area contributed by atoms with Crippen LogP contribution in [0.5, 0.6) is 0 Å². The van der Waals surface area contributed by atoms with Crippen molar-refractivity contribution in [2.45, 2.75) is 25.8 Å². The van der Waals surface area contributed by atoms with E-state index in [9.17, 15) is 0 Å². The van der Waals surface area contributed by atoms with Gasteiger partial charge in [0.25, 0.3) is 0 Å². The molecular formula is C14H20N4. The van der Waals surface area contributed by atoms with Gasteiger partial charge in [0.05, 0.1) is 11.7 Å². The van der Waals surface area contributed by atoms with Crippen LogP contribution in [-0.4, -0.2) is 9.78 Å². The first-order valence-electron chi connectivity index (χ1n) is 6.26. The molecule has 3 N–H and O–H groups in total. The van der Waals surface area contributed by atoms with E-state index in [0.29, 0.717) is 0 Å². The largest absolute Gasteiger partial charge is 0.271 e. The Labute approximate surface area is 108 Å². The summed E-state index contributed by atoms with van der Waals surface area (Å²) in [5, 5.41) is 4.18. The van der Waals surface area contributed by atoms with Gasteiger partial charge in [-0.1, -0.05) is 31.2 Å². The van der Waals surface area contributed by atoms with Crippen molar-refractivity contribution in [1.29, 1.82) is 0 Å². The summed E-state index contributed by atoms with van der Waals surface area (Å²) in [6.07, 6.45) is 3.72.